The standard InChI is InChI=1S/C14H18FNO3/c1-19-11-6-7-16-14(15)13(11)10-4-2-9(3-5-10)8-12(17)18/h6-7,9-10H,2-5,8H2,1H3,(H,17,18). The third-order valence-corrected chi connectivity index (χ3v) is 3.84. The van der Waals surface area contributed by atoms with Crippen molar-refractivity contribution in [2.75, 3.05) is 7.11 Å². The van der Waals surface area contributed by atoms with Crippen LogP contribution in [0.3, 0.4) is 0 Å². The summed E-state index contributed by atoms with van der Waals surface area (Å²) in [5.74, 6) is -0.406. The van der Waals surface area contributed by atoms with Gasteiger partial charge in [0.05, 0.1) is 12.7 Å². The number of ether oxygens (including phenoxy) is 1. The molecule has 2 rings (SSSR count). The number of nitrogens with zero attached hydrogens (tertiary/aromatic N) is 1. The summed E-state index contributed by atoms with van der Waals surface area (Å²) in [5, 5.41) is 8.78. The number of aromatic nitrogens is 1. The van der Waals surface area contributed by atoms with E-state index in [9.17, 15) is 9.18 Å². The summed E-state index contributed by atoms with van der Waals surface area (Å²) in [5.41, 5.74) is 0.541. The largest absolute Gasteiger partial charge is 0.496 e. The van der Waals surface area contributed by atoms with E-state index in [0.29, 0.717) is 11.3 Å². The van der Waals surface area contributed by atoms with Crippen molar-refractivity contribution < 1.29 is 19.0 Å². The lowest BCUT2D eigenvalue weighted by Crippen LogP contribution is -2.17. The van der Waals surface area contributed by atoms with E-state index >= 15 is 0 Å². The van der Waals surface area contributed by atoms with Crippen molar-refractivity contribution in [1.29, 1.82) is 0 Å². The molecule has 1 saturated carbocycles. The molecule has 5 heteroatoms. The predicted octanol–water partition coefficient (Wildman–Crippen LogP) is 2.98. The van der Waals surface area contributed by atoms with Crippen molar-refractivity contribution >= 4 is 5.97 Å². The monoisotopic (exact) mass is 267 g/mol. The van der Waals surface area contributed by atoms with Crippen LogP contribution in [0.2, 0.25) is 0 Å². The van der Waals surface area contributed by atoms with Gasteiger partial charge in [-0.1, -0.05) is 0 Å². The number of hydrogen-bond donors (Lipinski definition) is 1. The number of carbonyl (C=O) groups is 1. The molecule has 0 aliphatic heterocycles. The van der Waals surface area contributed by atoms with E-state index in [-0.39, 0.29) is 18.3 Å². The Morgan fingerprint density at radius 2 is 2.16 bits per heavy atom. The van der Waals surface area contributed by atoms with Gasteiger partial charge in [-0.15, -0.1) is 0 Å². The molecule has 19 heavy (non-hydrogen) atoms. The number of carboxylic acids is 1. The Labute approximate surface area is 111 Å². The Hall–Kier alpha value is -1.65. The second kappa shape index (κ2) is 5.99. The highest BCUT2D eigenvalue weighted by atomic mass is 19.1. The first-order chi connectivity index (χ1) is 9.11. The van der Waals surface area contributed by atoms with Crippen LogP contribution < -0.4 is 4.74 Å². The highest BCUT2D eigenvalue weighted by molar-refractivity contribution is 5.67. The maximum Gasteiger partial charge on any atom is 0.303 e. The zero-order chi connectivity index (χ0) is 13.8. The summed E-state index contributed by atoms with van der Waals surface area (Å²) in [6.07, 6.45) is 4.81. The molecule has 0 unspecified atom stereocenters. The first kappa shape index (κ1) is 13.8. The van der Waals surface area contributed by atoms with Gasteiger partial charge in [-0.2, -0.15) is 4.39 Å². The Morgan fingerprint density at radius 3 is 2.74 bits per heavy atom. The molecule has 0 atom stereocenters. The van der Waals surface area contributed by atoms with Gasteiger partial charge < -0.3 is 9.84 Å². The van der Waals surface area contributed by atoms with Gasteiger partial charge >= 0.3 is 5.97 Å². The lowest BCUT2D eigenvalue weighted by Gasteiger charge is -2.28. The summed E-state index contributed by atoms with van der Waals surface area (Å²) in [6.45, 7) is 0. The quantitative estimate of drug-likeness (QED) is 0.852. The van der Waals surface area contributed by atoms with Crippen LogP contribution in [0.1, 0.15) is 43.6 Å². The number of aliphatic carboxylic acids is 1. The molecule has 0 radical (unpaired) electrons. The molecule has 4 nitrogen and oxygen atoms in total. The highest BCUT2D eigenvalue weighted by Crippen LogP contribution is 2.40. The molecule has 1 N–H and O–H groups in total. The first-order valence-corrected chi connectivity index (χ1v) is 6.52. The van der Waals surface area contributed by atoms with Crippen LogP contribution >= 0.6 is 0 Å². The van der Waals surface area contributed by atoms with Gasteiger partial charge in [0, 0.05) is 12.6 Å². The van der Waals surface area contributed by atoms with E-state index < -0.39 is 11.9 Å². The topological polar surface area (TPSA) is 59.4 Å². The van der Waals surface area contributed by atoms with Crippen LogP contribution in [-0.4, -0.2) is 23.2 Å². The van der Waals surface area contributed by atoms with Crippen molar-refractivity contribution in [3.05, 3.63) is 23.8 Å². The number of rotatable bonds is 4. The van der Waals surface area contributed by atoms with Gasteiger partial charge in [0.25, 0.3) is 0 Å². The van der Waals surface area contributed by atoms with E-state index in [4.69, 9.17) is 9.84 Å². The van der Waals surface area contributed by atoms with Crippen LogP contribution in [-0.2, 0) is 4.79 Å². The molecule has 0 saturated heterocycles. The van der Waals surface area contributed by atoms with Crippen molar-refractivity contribution in [3.63, 3.8) is 0 Å². The van der Waals surface area contributed by atoms with E-state index in [0.717, 1.165) is 25.7 Å². The molecular weight excluding hydrogens is 249 g/mol. The molecule has 104 valence electrons. The molecule has 0 spiro atoms. The molecule has 1 aliphatic carbocycles. The van der Waals surface area contributed by atoms with Gasteiger partial charge in [0.15, 0.2) is 0 Å². The molecule has 0 bridgehead atoms. The fourth-order valence-electron chi connectivity index (χ4n) is 2.88. The molecule has 0 aromatic carbocycles. The van der Waals surface area contributed by atoms with Gasteiger partial charge in [-0.25, -0.2) is 4.98 Å². The Kier molecular flexibility index (Phi) is 4.35. The number of pyridine rings is 1. The minimum absolute atomic E-state index is 0.0775. The fourth-order valence-corrected chi connectivity index (χ4v) is 2.88. The van der Waals surface area contributed by atoms with Crippen LogP contribution in [0, 0.1) is 11.9 Å². The zero-order valence-corrected chi connectivity index (χ0v) is 10.9. The van der Waals surface area contributed by atoms with Gasteiger partial charge in [-0.3, -0.25) is 4.79 Å². The smallest absolute Gasteiger partial charge is 0.303 e. The number of halogens is 1. The second-order valence-electron chi connectivity index (χ2n) is 5.03. The maximum atomic E-state index is 13.8. The van der Waals surface area contributed by atoms with Crippen LogP contribution in [0.15, 0.2) is 12.3 Å². The lowest BCUT2D eigenvalue weighted by atomic mass is 9.77. The minimum Gasteiger partial charge on any atom is -0.496 e. The molecule has 1 heterocycles. The normalized spacial score (nSPS) is 23.1. The second-order valence-corrected chi connectivity index (χ2v) is 5.03. The summed E-state index contributed by atoms with van der Waals surface area (Å²) in [7, 11) is 1.52. The average Bonchev–Trinajstić information content (AvgIpc) is 2.39. The van der Waals surface area contributed by atoms with Crippen molar-refractivity contribution in [1.82, 2.24) is 4.98 Å². The van der Waals surface area contributed by atoms with Crippen molar-refractivity contribution in [3.8, 4) is 5.75 Å². The Morgan fingerprint density at radius 1 is 1.47 bits per heavy atom. The van der Waals surface area contributed by atoms with Gasteiger partial charge in [0.1, 0.15) is 5.75 Å². The summed E-state index contributed by atoms with van der Waals surface area (Å²) in [4.78, 5) is 14.4. The van der Waals surface area contributed by atoms with E-state index in [2.05, 4.69) is 4.98 Å². The van der Waals surface area contributed by atoms with E-state index in [1.54, 1.807) is 6.07 Å². The Bertz CT molecular complexity index is 456. The SMILES string of the molecule is COc1ccnc(F)c1C1CCC(CC(=O)O)CC1. The lowest BCUT2D eigenvalue weighted by molar-refractivity contribution is -0.138. The van der Waals surface area contributed by atoms with Gasteiger partial charge in [0.2, 0.25) is 5.95 Å². The zero-order valence-electron chi connectivity index (χ0n) is 10.9. The molecule has 0 amide bonds. The fraction of sp³-hybridized carbons (Fsp3) is 0.571. The molecule has 1 aliphatic rings. The van der Waals surface area contributed by atoms with Gasteiger partial charge in [-0.05, 0) is 43.6 Å². The first-order valence-electron chi connectivity index (χ1n) is 6.52. The number of hydrogen-bond acceptors (Lipinski definition) is 3. The summed E-state index contributed by atoms with van der Waals surface area (Å²) < 4.78 is 19.0. The Balaban J connectivity index is 2.07. The molecule has 1 aromatic heterocycles. The van der Waals surface area contributed by atoms with E-state index in [1.807, 2.05) is 0 Å². The number of methoxy groups -OCH3 is 1. The molecule has 1 fully saturated rings. The maximum absolute atomic E-state index is 13.8. The van der Waals surface area contributed by atoms with Crippen LogP contribution in [0.5, 0.6) is 5.75 Å². The average molecular weight is 267 g/mol. The summed E-state index contributed by atoms with van der Waals surface area (Å²) in [6, 6.07) is 1.67. The van der Waals surface area contributed by atoms with Crippen molar-refractivity contribution in [2.24, 2.45) is 5.92 Å². The predicted molar refractivity (Wildman–Crippen MR) is 67.7 cm³/mol. The van der Waals surface area contributed by atoms with Crippen molar-refractivity contribution in [2.45, 2.75) is 38.0 Å². The molecule has 1 aromatic rings. The third kappa shape index (κ3) is 3.22. The van der Waals surface area contributed by atoms with Crippen LogP contribution in [0.4, 0.5) is 4.39 Å². The number of carboxylic acid groups (broad SMARTS) is 1. The molecular formula is C14H18FNO3. The summed E-state index contributed by atoms with van der Waals surface area (Å²) >= 11 is 0. The minimum atomic E-state index is -0.756. The third-order valence-electron chi connectivity index (χ3n) is 3.84. The van der Waals surface area contributed by atoms with E-state index in [1.165, 1.54) is 13.3 Å². The van der Waals surface area contributed by atoms with Crippen LogP contribution in [0.25, 0.3) is 0 Å². The highest BCUT2D eigenvalue weighted by Gasteiger charge is 2.28.